The highest BCUT2D eigenvalue weighted by Crippen LogP contribution is 2.30. The first-order valence-corrected chi connectivity index (χ1v) is 7.14. The number of nitrogens with one attached hydrogen (secondary N) is 2. The van der Waals surface area contributed by atoms with E-state index in [9.17, 15) is 4.79 Å². The third-order valence-electron chi connectivity index (χ3n) is 3.64. The summed E-state index contributed by atoms with van der Waals surface area (Å²) in [7, 11) is 0. The Morgan fingerprint density at radius 2 is 2.19 bits per heavy atom. The Hall–Kier alpha value is -1.79. The van der Waals surface area contributed by atoms with Crippen LogP contribution >= 0.6 is 0 Å². The third kappa shape index (κ3) is 3.46. The molecule has 1 amide bonds. The summed E-state index contributed by atoms with van der Waals surface area (Å²) in [6, 6.07) is 7.52. The molecule has 1 atom stereocenters. The van der Waals surface area contributed by atoms with Gasteiger partial charge in [0.05, 0.1) is 12.1 Å². The van der Waals surface area contributed by atoms with Gasteiger partial charge in [0.1, 0.15) is 19.3 Å². The van der Waals surface area contributed by atoms with Gasteiger partial charge < -0.3 is 24.8 Å². The summed E-state index contributed by atoms with van der Waals surface area (Å²) in [4.78, 5) is 11.8. The van der Waals surface area contributed by atoms with Gasteiger partial charge in [-0.15, -0.1) is 0 Å². The number of carbonyl (C=O) groups is 1. The van der Waals surface area contributed by atoms with Gasteiger partial charge in [0.25, 0.3) is 0 Å². The minimum atomic E-state index is -0.208. The molecular weight excluding hydrogens is 272 g/mol. The van der Waals surface area contributed by atoms with E-state index in [4.69, 9.17) is 14.2 Å². The number of ether oxygens (including phenoxy) is 3. The summed E-state index contributed by atoms with van der Waals surface area (Å²) < 4.78 is 16.9. The van der Waals surface area contributed by atoms with E-state index in [-0.39, 0.29) is 24.2 Å². The topological polar surface area (TPSA) is 68.8 Å². The highest BCUT2D eigenvalue weighted by molar-refractivity contribution is 5.77. The summed E-state index contributed by atoms with van der Waals surface area (Å²) in [5.41, 5.74) is -0.208. The molecule has 1 fully saturated rings. The average molecular weight is 292 g/mol. The van der Waals surface area contributed by atoms with Gasteiger partial charge in [-0.05, 0) is 19.1 Å². The second kappa shape index (κ2) is 5.91. The molecule has 0 saturated carbocycles. The monoisotopic (exact) mass is 292 g/mol. The normalized spacial score (nSPS) is 22.2. The molecule has 21 heavy (non-hydrogen) atoms. The zero-order valence-electron chi connectivity index (χ0n) is 12.1. The van der Waals surface area contributed by atoms with Gasteiger partial charge in [-0.3, -0.25) is 4.79 Å². The van der Waals surface area contributed by atoms with Crippen molar-refractivity contribution in [2.75, 3.05) is 32.8 Å². The minimum Gasteiger partial charge on any atom is -0.486 e. The summed E-state index contributed by atoms with van der Waals surface area (Å²) in [6.07, 6.45) is -0.176. The molecule has 2 N–H and O–H groups in total. The van der Waals surface area contributed by atoms with Gasteiger partial charge >= 0.3 is 0 Å². The molecule has 2 heterocycles. The van der Waals surface area contributed by atoms with E-state index in [0.717, 1.165) is 18.8 Å². The standard InChI is InChI=1S/C15H20N2O4/c1-15(9-16-10-15)20-8-14(18)17-6-11-7-19-12-4-2-3-5-13(12)21-11/h2-5,11,16H,6-10H2,1H3,(H,17,18). The zero-order valence-corrected chi connectivity index (χ0v) is 12.1. The molecule has 0 bridgehead atoms. The van der Waals surface area contributed by atoms with Crippen LogP contribution in [0.25, 0.3) is 0 Å². The van der Waals surface area contributed by atoms with Crippen LogP contribution in [-0.2, 0) is 9.53 Å². The van der Waals surface area contributed by atoms with Crippen LogP contribution in [0.5, 0.6) is 11.5 Å². The van der Waals surface area contributed by atoms with Crippen LogP contribution in [0.15, 0.2) is 24.3 Å². The number of para-hydroxylation sites is 2. The van der Waals surface area contributed by atoms with Crippen molar-refractivity contribution in [1.82, 2.24) is 10.6 Å². The predicted octanol–water partition coefficient (Wildman–Crippen LogP) is 0.321. The molecule has 3 rings (SSSR count). The van der Waals surface area contributed by atoms with Crippen LogP contribution in [0.4, 0.5) is 0 Å². The zero-order chi connectivity index (χ0) is 14.7. The maximum atomic E-state index is 11.8. The van der Waals surface area contributed by atoms with Crippen LogP contribution in [0.1, 0.15) is 6.92 Å². The maximum Gasteiger partial charge on any atom is 0.246 e. The molecule has 114 valence electrons. The molecule has 1 aromatic rings. The second-order valence-corrected chi connectivity index (χ2v) is 5.64. The number of benzene rings is 1. The van der Waals surface area contributed by atoms with Gasteiger partial charge in [0, 0.05) is 13.1 Å². The Morgan fingerprint density at radius 3 is 2.90 bits per heavy atom. The summed E-state index contributed by atoms with van der Waals surface area (Å²) in [6.45, 7) is 4.48. The molecule has 2 aliphatic rings. The summed E-state index contributed by atoms with van der Waals surface area (Å²) >= 11 is 0. The molecule has 0 radical (unpaired) electrons. The first-order chi connectivity index (χ1) is 10.1. The summed E-state index contributed by atoms with van der Waals surface area (Å²) in [5.74, 6) is 1.33. The predicted molar refractivity (Wildman–Crippen MR) is 76.6 cm³/mol. The fourth-order valence-electron chi connectivity index (χ4n) is 2.26. The van der Waals surface area contributed by atoms with Crippen molar-refractivity contribution in [2.24, 2.45) is 0 Å². The van der Waals surface area contributed by atoms with E-state index in [2.05, 4.69) is 10.6 Å². The molecule has 2 aliphatic heterocycles. The lowest BCUT2D eigenvalue weighted by Crippen LogP contribution is -2.59. The first kappa shape index (κ1) is 14.2. The molecule has 0 aliphatic carbocycles. The van der Waals surface area contributed by atoms with Gasteiger partial charge in [0.15, 0.2) is 11.5 Å². The largest absolute Gasteiger partial charge is 0.486 e. The fraction of sp³-hybridized carbons (Fsp3) is 0.533. The van der Waals surface area contributed by atoms with Crippen LogP contribution in [0, 0.1) is 0 Å². The minimum absolute atomic E-state index is 0.0718. The Bertz CT molecular complexity index is 516. The van der Waals surface area contributed by atoms with Gasteiger partial charge in [-0.25, -0.2) is 0 Å². The third-order valence-corrected chi connectivity index (χ3v) is 3.64. The lowest BCUT2D eigenvalue weighted by atomic mass is 10.0. The van der Waals surface area contributed by atoms with Crippen LogP contribution in [0.3, 0.4) is 0 Å². The van der Waals surface area contributed by atoms with Crippen molar-refractivity contribution in [3.05, 3.63) is 24.3 Å². The number of hydrogen-bond donors (Lipinski definition) is 2. The van der Waals surface area contributed by atoms with Crippen molar-refractivity contribution in [1.29, 1.82) is 0 Å². The quantitative estimate of drug-likeness (QED) is 0.818. The molecule has 1 saturated heterocycles. The highest BCUT2D eigenvalue weighted by Gasteiger charge is 2.33. The number of fused-ring (bicyclic) bond motifs is 1. The molecule has 6 heteroatoms. The maximum absolute atomic E-state index is 11.8. The Balaban J connectivity index is 1.40. The van der Waals surface area contributed by atoms with E-state index in [0.29, 0.717) is 18.9 Å². The van der Waals surface area contributed by atoms with Crippen molar-refractivity contribution in [3.63, 3.8) is 0 Å². The first-order valence-electron chi connectivity index (χ1n) is 7.14. The van der Waals surface area contributed by atoms with Crippen LogP contribution in [-0.4, -0.2) is 50.5 Å². The average Bonchev–Trinajstić information content (AvgIpc) is 2.49. The molecule has 1 unspecified atom stereocenters. The van der Waals surface area contributed by atoms with E-state index >= 15 is 0 Å². The van der Waals surface area contributed by atoms with Crippen LogP contribution in [0.2, 0.25) is 0 Å². The smallest absolute Gasteiger partial charge is 0.246 e. The van der Waals surface area contributed by atoms with Crippen molar-refractivity contribution >= 4 is 5.91 Å². The molecular formula is C15H20N2O4. The highest BCUT2D eigenvalue weighted by atomic mass is 16.6. The molecule has 6 nitrogen and oxygen atoms in total. The lowest BCUT2D eigenvalue weighted by molar-refractivity contribution is -0.136. The summed E-state index contributed by atoms with van der Waals surface area (Å²) in [5, 5.41) is 5.94. The van der Waals surface area contributed by atoms with Gasteiger partial charge in [-0.2, -0.15) is 0 Å². The van der Waals surface area contributed by atoms with Crippen LogP contribution < -0.4 is 20.1 Å². The number of rotatable bonds is 5. The molecule has 0 aromatic heterocycles. The Labute approximate surface area is 123 Å². The Morgan fingerprint density at radius 1 is 1.43 bits per heavy atom. The lowest BCUT2D eigenvalue weighted by Gasteiger charge is -2.38. The van der Waals surface area contributed by atoms with E-state index in [1.807, 2.05) is 31.2 Å². The Kier molecular flexibility index (Phi) is 3.98. The number of amides is 1. The van der Waals surface area contributed by atoms with E-state index < -0.39 is 0 Å². The van der Waals surface area contributed by atoms with E-state index in [1.54, 1.807) is 0 Å². The van der Waals surface area contributed by atoms with Crippen molar-refractivity contribution in [3.8, 4) is 11.5 Å². The van der Waals surface area contributed by atoms with E-state index in [1.165, 1.54) is 0 Å². The van der Waals surface area contributed by atoms with Gasteiger partial charge in [0.2, 0.25) is 5.91 Å². The second-order valence-electron chi connectivity index (χ2n) is 5.64. The van der Waals surface area contributed by atoms with Crippen molar-refractivity contribution in [2.45, 2.75) is 18.6 Å². The van der Waals surface area contributed by atoms with Crippen molar-refractivity contribution < 1.29 is 19.0 Å². The number of hydrogen-bond acceptors (Lipinski definition) is 5. The fourth-order valence-corrected chi connectivity index (χ4v) is 2.26. The molecule has 1 aromatic carbocycles. The molecule has 0 spiro atoms. The SMILES string of the molecule is CC1(OCC(=O)NCC2COc3ccccc3O2)CNC1. The van der Waals surface area contributed by atoms with Gasteiger partial charge in [-0.1, -0.05) is 12.1 Å². The number of carbonyl (C=O) groups excluding carboxylic acids is 1.